The van der Waals surface area contributed by atoms with Crippen LogP contribution in [0.5, 0.6) is 5.75 Å². The van der Waals surface area contributed by atoms with Crippen LogP contribution >= 0.6 is 0 Å². The summed E-state index contributed by atoms with van der Waals surface area (Å²) in [6.45, 7) is 0. The van der Waals surface area contributed by atoms with E-state index in [0.29, 0.717) is 10.8 Å². The highest BCUT2D eigenvalue weighted by atomic mass is 16.3. The van der Waals surface area contributed by atoms with Crippen LogP contribution in [0, 0.1) is 0 Å². The monoisotopic (exact) mass is 294 g/mol. The zero-order chi connectivity index (χ0) is 15.5. The number of phenolic OH excluding ortho intramolecular Hbond substituents is 1. The van der Waals surface area contributed by atoms with Crippen LogP contribution in [0.2, 0.25) is 0 Å². The molecule has 0 unspecified atom stereocenters. The fraction of sp³-hybridized carbons (Fsp3) is 0.0625. The minimum Gasteiger partial charge on any atom is -0.508 e. The summed E-state index contributed by atoms with van der Waals surface area (Å²) in [5.41, 5.74) is 2.10. The number of allylic oxidation sites excluding steroid dienone is 2. The van der Waals surface area contributed by atoms with Gasteiger partial charge in [0.1, 0.15) is 22.9 Å². The number of phenols is 1. The van der Waals surface area contributed by atoms with Crippen molar-refractivity contribution in [1.29, 1.82) is 0 Å². The molecular formula is C16H14N4O2. The molecule has 0 fully saturated rings. The number of nitrogens with zero attached hydrogens (tertiary/aromatic N) is 3. The zero-order valence-corrected chi connectivity index (χ0v) is 11.9. The van der Waals surface area contributed by atoms with E-state index in [0.717, 1.165) is 11.3 Å². The summed E-state index contributed by atoms with van der Waals surface area (Å²) < 4.78 is 1.53. The third kappa shape index (κ3) is 2.80. The predicted molar refractivity (Wildman–Crippen MR) is 86.5 cm³/mol. The Morgan fingerprint density at radius 2 is 2.00 bits per heavy atom. The van der Waals surface area contributed by atoms with E-state index in [1.807, 2.05) is 0 Å². The van der Waals surface area contributed by atoms with Crippen molar-refractivity contribution in [3.63, 3.8) is 0 Å². The summed E-state index contributed by atoms with van der Waals surface area (Å²) in [6, 6.07) is 6.64. The molecule has 2 aromatic rings. The van der Waals surface area contributed by atoms with Crippen LogP contribution in [0.3, 0.4) is 0 Å². The molecule has 1 aromatic carbocycles. The molecule has 0 aliphatic carbocycles. The number of H-pyrrole nitrogens is 1. The molecule has 110 valence electrons. The van der Waals surface area contributed by atoms with Crippen molar-refractivity contribution in [2.45, 2.75) is 0 Å². The molecule has 0 bridgehead atoms. The van der Waals surface area contributed by atoms with Gasteiger partial charge in [-0.25, -0.2) is 9.98 Å². The Bertz CT molecular complexity index is 943. The lowest BCUT2D eigenvalue weighted by Crippen LogP contribution is -2.28. The summed E-state index contributed by atoms with van der Waals surface area (Å²) in [6.07, 6.45) is 8.40. The average molecular weight is 294 g/mol. The summed E-state index contributed by atoms with van der Waals surface area (Å²) in [5.74, 6) is 0.191. The Morgan fingerprint density at radius 1 is 1.23 bits per heavy atom. The number of aromatic amines is 1. The minimum absolute atomic E-state index is 0.124. The lowest BCUT2D eigenvalue weighted by Gasteiger charge is -1.92. The Labute approximate surface area is 125 Å². The molecule has 0 amide bonds. The van der Waals surface area contributed by atoms with E-state index in [9.17, 15) is 9.90 Å². The van der Waals surface area contributed by atoms with Gasteiger partial charge >= 0.3 is 0 Å². The summed E-state index contributed by atoms with van der Waals surface area (Å²) >= 11 is 0. The highest BCUT2D eigenvalue weighted by molar-refractivity contribution is 5.92. The van der Waals surface area contributed by atoms with Crippen LogP contribution in [0.25, 0.3) is 12.2 Å². The molecule has 0 radical (unpaired) electrons. The highest BCUT2D eigenvalue weighted by Gasteiger charge is 1.99. The molecule has 0 spiro atoms. The first kappa shape index (κ1) is 13.8. The van der Waals surface area contributed by atoms with Crippen molar-refractivity contribution >= 4 is 24.7 Å². The van der Waals surface area contributed by atoms with Crippen LogP contribution in [0.1, 0.15) is 5.56 Å². The molecule has 6 heteroatoms. The number of aromatic nitrogens is 2. The van der Waals surface area contributed by atoms with Gasteiger partial charge < -0.3 is 10.1 Å². The van der Waals surface area contributed by atoms with Gasteiger partial charge in [-0.3, -0.25) is 9.36 Å². The minimum atomic E-state index is -0.124. The maximum absolute atomic E-state index is 12.2. The van der Waals surface area contributed by atoms with Crippen molar-refractivity contribution < 1.29 is 5.11 Å². The maximum Gasteiger partial charge on any atom is 0.275 e. The third-order valence-electron chi connectivity index (χ3n) is 3.26. The number of rotatable bonds is 2. The first-order valence-corrected chi connectivity index (χ1v) is 6.67. The van der Waals surface area contributed by atoms with E-state index in [2.05, 4.69) is 15.0 Å². The van der Waals surface area contributed by atoms with E-state index >= 15 is 0 Å². The number of aliphatic imine (C=N–C) groups is 2. The molecule has 1 aromatic heterocycles. The number of hydrogen-bond donors (Lipinski definition) is 2. The van der Waals surface area contributed by atoms with Crippen molar-refractivity contribution in [2.75, 3.05) is 0 Å². The van der Waals surface area contributed by atoms with Gasteiger partial charge in [-0.05, 0) is 35.9 Å². The van der Waals surface area contributed by atoms with Crippen molar-refractivity contribution in [3.05, 3.63) is 62.8 Å². The SMILES string of the molecule is Cn1c(=O)/c(=C/c2ccc(O)cc2)[nH]/c1=C/C=C1\C=NC=N1. The number of hydrogen-bond acceptors (Lipinski definition) is 4. The number of imidazole rings is 1. The molecule has 2 N–H and O–H groups in total. The van der Waals surface area contributed by atoms with Gasteiger partial charge in [-0.2, -0.15) is 0 Å². The molecule has 0 saturated carbocycles. The van der Waals surface area contributed by atoms with E-state index in [1.165, 1.54) is 10.9 Å². The summed E-state index contributed by atoms with van der Waals surface area (Å²) in [5, 5.41) is 9.75. The Hall–Kier alpha value is -3.15. The standard InChI is InChI=1S/C16H14N4O2/c1-20-15(7-4-12-9-17-10-18-12)19-14(16(20)22)8-11-2-5-13(21)6-3-11/h2-10,19,21H,1H3/b12-4+,14-8-,15-7-. The number of benzene rings is 1. The van der Waals surface area contributed by atoms with E-state index in [1.54, 1.807) is 55.8 Å². The molecule has 22 heavy (non-hydrogen) atoms. The average Bonchev–Trinajstić information content (AvgIpc) is 3.12. The normalized spacial score (nSPS) is 17.0. The third-order valence-corrected chi connectivity index (χ3v) is 3.26. The van der Waals surface area contributed by atoms with Crippen molar-refractivity contribution in [1.82, 2.24) is 9.55 Å². The molecule has 1 aliphatic heterocycles. The second-order valence-electron chi connectivity index (χ2n) is 4.80. The molecule has 2 heterocycles. The van der Waals surface area contributed by atoms with E-state index in [4.69, 9.17) is 0 Å². The van der Waals surface area contributed by atoms with E-state index < -0.39 is 0 Å². The van der Waals surface area contributed by atoms with Gasteiger partial charge in [0, 0.05) is 7.05 Å². The van der Waals surface area contributed by atoms with Crippen molar-refractivity contribution in [2.24, 2.45) is 17.0 Å². The van der Waals surface area contributed by atoms with Gasteiger partial charge in [0.05, 0.1) is 11.9 Å². The molecule has 0 saturated heterocycles. The van der Waals surface area contributed by atoms with Gasteiger partial charge in [0.2, 0.25) is 0 Å². The number of aromatic hydroxyl groups is 1. The lowest BCUT2D eigenvalue weighted by molar-refractivity contribution is 0.475. The maximum atomic E-state index is 12.2. The summed E-state index contributed by atoms with van der Waals surface area (Å²) in [4.78, 5) is 23.2. The molecule has 1 aliphatic rings. The summed E-state index contributed by atoms with van der Waals surface area (Å²) in [7, 11) is 1.70. The van der Waals surface area contributed by atoms with Gasteiger partial charge in [-0.1, -0.05) is 12.1 Å². The fourth-order valence-electron chi connectivity index (χ4n) is 2.05. The quantitative estimate of drug-likeness (QED) is 0.819. The largest absolute Gasteiger partial charge is 0.508 e. The molecular weight excluding hydrogens is 280 g/mol. The van der Waals surface area contributed by atoms with E-state index in [-0.39, 0.29) is 11.3 Å². The smallest absolute Gasteiger partial charge is 0.275 e. The van der Waals surface area contributed by atoms with Gasteiger partial charge in [-0.15, -0.1) is 0 Å². The van der Waals surface area contributed by atoms with Crippen LogP contribution < -0.4 is 16.4 Å². The van der Waals surface area contributed by atoms with Crippen molar-refractivity contribution in [3.8, 4) is 5.75 Å². The number of nitrogens with one attached hydrogen (secondary N) is 1. The van der Waals surface area contributed by atoms with Crippen LogP contribution in [-0.2, 0) is 7.05 Å². The fourth-order valence-corrected chi connectivity index (χ4v) is 2.05. The lowest BCUT2D eigenvalue weighted by atomic mass is 10.2. The van der Waals surface area contributed by atoms with Gasteiger partial charge in [0.25, 0.3) is 5.56 Å². The molecule has 0 atom stereocenters. The second-order valence-corrected chi connectivity index (χ2v) is 4.80. The predicted octanol–water partition coefficient (Wildman–Crippen LogP) is 0.0249. The Morgan fingerprint density at radius 3 is 2.68 bits per heavy atom. The molecule has 3 rings (SSSR count). The van der Waals surface area contributed by atoms with Crippen LogP contribution in [0.4, 0.5) is 0 Å². The second kappa shape index (κ2) is 5.69. The van der Waals surface area contributed by atoms with Crippen LogP contribution in [0.15, 0.2) is 50.8 Å². The first-order valence-electron chi connectivity index (χ1n) is 6.67. The highest BCUT2D eigenvalue weighted by Crippen LogP contribution is 2.09. The Balaban J connectivity index is 2.06. The van der Waals surface area contributed by atoms with Gasteiger partial charge in [0.15, 0.2) is 0 Å². The van der Waals surface area contributed by atoms with Crippen LogP contribution in [-0.4, -0.2) is 27.2 Å². The first-order chi connectivity index (χ1) is 10.6. The topological polar surface area (TPSA) is 82.7 Å². The molecule has 6 nitrogen and oxygen atoms in total. The zero-order valence-electron chi connectivity index (χ0n) is 11.9. The Kier molecular flexibility index (Phi) is 3.57.